The van der Waals surface area contributed by atoms with E-state index in [0.29, 0.717) is 0 Å². The number of allylic oxidation sites excluding steroid dienone is 3. The minimum atomic E-state index is 1.04. The van der Waals surface area contributed by atoms with Crippen LogP contribution in [0.25, 0.3) is 5.57 Å². The summed E-state index contributed by atoms with van der Waals surface area (Å²) in [6, 6.07) is 6.38. The molecule has 1 heteroatoms. The van der Waals surface area contributed by atoms with Crippen LogP contribution in [0.4, 0.5) is 0 Å². The second-order valence-corrected chi connectivity index (χ2v) is 3.78. The Bertz CT molecular complexity index is 361. The highest BCUT2D eigenvalue weighted by atomic mass is 79.9. The Morgan fingerprint density at radius 1 is 1.42 bits per heavy atom. The molecule has 0 spiro atoms. The summed E-state index contributed by atoms with van der Waals surface area (Å²) in [7, 11) is 0. The molecular formula is C11H9Br. The molecule has 1 aromatic rings. The Kier molecular flexibility index (Phi) is 1.89. The van der Waals surface area contributed by atoms with Gasteiger partial charge in [-0.05, 0) is 35.3 Å². The van der Waals surface area contributed by atoms with Crippen LogP contribution >= 0.6 is 15.9 Å². The first kappa shape index (κ1) is 7.81. The normalized spacial score (nSPS) is 13.9. The first-order valence-electron chi connectivity index (χ1n) is 3.92. The number of fused-ring (bicyclic) bond motifs is 1. The van der Waals surface area contributed by atoms with Gasteiger partial charge in [-0.3, -0.25) is 0 Å². The molecule has 1 aromatic carbocycles. The summed E-state index contributed by atoms with van der Waals surface area (Å²) in [5.74, 6) is 0. The van der Waals surface area contributed by atoms with Gasteiger partial charge in [-0.15, -0.1) is 0 Å². The molecule has 0 unspecified atom stereocenters. The maximum Gasteiger partial charge on any atom is 0.0178 e. The Morgan fingerprint density at radius 2 is 2.25 bits per heavy atom. The van der Waals surface area contributed by atoms with Gasteiger partial charge in [-0.25, -0.2) is 0 Å². The predicted molar refractivity (Wildman–Crippen MR) is 56.0 cm³/mol. The number of halogens is 1. The topological polar surface area (TPSA) is 0 Å². The molecule has 60 valence electrons. The quantitative estimate of drug-likeness (QED) is 0.679. The van der Waals surface area contributed by atoms with E-state index in [9.17, 15) is 0 Å². The minimum Gasteiger partial charge on any atom is -0.0985 e. The van der Waals surface area contributed by atoms with Gasteiger partial charge in [0, 0.05) is 4.47 Å². The maximum atomic E-state index is 3.78. The zero-order chi connectivity index (χ0) is 8.55. The zero-order valence-corrected chi connectivity index (χ0v) is 8.26. The average molecular weight is 221 g/mol. The van der Waals surface area contributed by atoms with Crippen LogP contribution in [0.15, 0.2) is 41.4 Å². The predicted octanol–water partition coefficient (Wildman–Crippen LogP) is 3.57. The molecule has 12 heavy (non-hydrogen) atoms. The van der Waals surface area contributed by atoms with E-state index in [0.717, 1.165) is 10.9 Å². The summed E-state index contributed by atoms with van der Waals surface area (Å²) < 4.78 is 1.15. The van der Waals surface area contributed by atoms with E-state index >= 15 is 0 Å². The van der Waals surface area contributed by atoms with Crippen LogP contribution in [-0.2, 0) is 6.42 Å². The fourth-order valence-corrected chi connectivity index (χ4v) is 1.94. The third-order valence-corrected chi connectivity index (χ3v) is 2.63. The lowest BCUT2D eigenvalue weighted by atomic mass is 10.1. The second-order valence-electron chi connectivity index (χ2n) is 2.87. The van der Waals surface area contributed by atoms with Crippen LogP contribution in [0.5, 0.6) is 0 Å². The molecule has 1 aliphatic carbocycles. The Morgan fingerprint density at radius 3 is 3.00 bits per heavy atom. The van der Waals surface area contributed by atoms with Gasteiger partial charge in [0.1, 0.15) is 0 Å². The summed E-state index contributed by atoms with van der Waals surface area (Å²) in [5.41, 5.74) is 3.98. The van der Waals surface area contributed by atoms with E-state index in [2.05, 4.69) is 46.8 Å². The number of benzene rings is 1. The lowest BCUT2D eigenvalue weighted by Crippen LogP contribution is -1.82. The molecule has 0 amide bonds. The first-order chi connectivity index (χ1) is 5.81. The van der Waals surface area contributed by atoms with Crippen molar-refractivity contribution in [3.63, 3.8) is 0 Å². The fraction of sp³-hybridized carbons (Fsp3) is 0.0909. The Labute approximate surface area is 80.7 Å². The maximum absolute atomic E-state index is 3.78. The summed E-state index contributed by atoms with van der Waals surface area (Å²) in [6.45, 7) is 3.78. The molecule has 0 nitrogen and oxygen atoms in total. The fourth-order valence-electron chi connectivity index (χ4n) is 1.54. The van der Waals surface area contributed by atoms with Crippen molar-refractivity contribution >= 4 is 21.5 Å². The Balaban J connectivity index is 2.54. The highest BCUT2D eigenvalue weighted by Gasteiger charge is 2.10. The molecule has 1 aliphatic rings. The summed E-state index contributed by atoms with van der Waals surface area (Å²) >= 11 is 3.46. The van der Waals surface area contributed by atoms with Crippen LogP contribution in [0, 0.1) is 0 Å². The van der Waals surface area contributed by atoms with Crippen LogP contribution in [0.1, 0.15) is 11.1 Å². The van der Waals surface area contributed by atoms with Crippen LogP contribution in [-0.4, -0.2) is 0 Å². The van der Waals surface area contributed by atoms with Crippen molar-refractivity contribution in [3.05, 3.63) is 52.5 Å². The van der Waals surface area contributed by atoms with Crippen molar-refractivity contribution in [2.24, 2.45) is 0 Å². The molecule has 0 saturated carbocycles. The van der Waals surface area contributed by atoms with E-state index in [1.807, 2.05) is 6.08 Å². The van der Waals surface area contributed by atoms with Crippen LogP contribution < -0.4 is 0 Å². The molecule has 0 aliphatic heterocycles. The molecule has 0 bridgehead atoms. The van der Waals surface area contributed by atoms with Gasteiger partial charge in [0.25, 0.3) is 0 Å². The summed E-state index contributed by atoms with van der Waals surface area (Å²) in [5, 5.41) is 0. The van der Waals surface area contributed by atoms with E-state index in [1.165, 1.54) is 16.7 Å². The van der Waals surface area contributed by atoms with Crippen molar-refractivity contribution in [2.45, 2.75) is 6.42 Å². The lowest BCUT2D eigenvalue weighted by Gasteiger charge is -2.00. The third kappa shape index (κ3) is 1.14. The molecule has 0 radical (unpaired) electrons. The van der Waals surface area contributed by atoms with Crippen molar-refractivity contribution in [1.82, 2.24) is 0 Å². The third-order valence-electron chi connectivity index (χ3n) is 2.14. The van der Waals surface area contributed by atoms with Gasteiger partial charge >= 0.3 is 0 Å². The number of hydrogen-bond donors (Lipinski definition) is 0. The van der Waals surface area contributed by atoms with Gasteiger partial charge in [0.15, 0.2) is 0 Å². The van der Waals surface area contributed by atoms with Crippen LogP contribution in [0.3, 0.4) is 0 Å². The van der Waals surface area contributed by atoms with Crippen molar-refractivity contribution in [1.29, 1.82) is 0 Å². The lowest BCUT2D eigenvalue weighted by molar-refractivity contribution is 1.30. The van der Waals surface area contributed by atoms with E-state index in [4.69, 9.17) is 0 Å². The van der Waals surface area contributed by atoms with E-state index in [-0.39, 0.29) is 0 Å². The van der Waals surface area contributed by atoms with Crippen molar-refractivity contribution in [3.8, 4) is 0 Å². The largest absolute Gasteiger partial charge is 0.0985 e. The van der Waals surface area contributed by atoms with E-state index in [1.54, 1.807) is 0 Å². The smallest absolute Gasteiger partial charge is 0.0178 e. The van der Waals surface area contributed by atoms with Crippen LogP contribution in [0.2, 0.25) is 0 Å². The summed E-state index contributed by atoms with van der Waals surface area (Å²) in [4.78, 5) is 0. The molecular weight excluding hydrogens is 212 g/mol. The monoisotopic (exact) mass is 220 g/mol. The molecule has 0 fully saturated rings. The number of rotatable bonds is 1. The molecule has 0 heterocycles. The van der Waals surface area contributed by atoms with Gasteiger partial charge in [0.2, 0.25) is 0 Å². The van der Waals surface area contributed by atoms with Crippen molar-refractivity contribution in [2.75, 3.05) is 0 Å². The van der Waals surface area contributed by atoms with Crippen molar-refractivity contribution < 1.29 is 0 Å². The second kappa shape index (κ2) is 2.91. The van der Waals surface area contributed by atoms with Gasteiger partial charge in [-0.2, -0.15) is 0 Å². The average Bonchev–Trinajstić information content (AvgIpc) is 2.46. The highest BCUT2D eigenvalue weighted by Crippen LogP contribution is 2.29. The van der Waals surface area contributed by atoms with E-state index < -0.39 is 0 Å². The molecule has 0 atom stereocenters. The SMILES string of the molecule is C=CC1=CCc2cc(Br)ccc21. The van der Waals surface area contributed by atoms with Gasteiger partial charge < -0.3 is 0 Å². The minimum absolute atomic E-state index is 1.04. The van der Waals surface area contributed by atoms with Gasteiger partial charge in [-0.1, -0.05) is 40.7 Å². The molecule has 0 N–H and O–H groups in total. The molecule has 2 rings (SSSR count). The molecule has 0 aromatic heterocycles. The highest BCUT2D eigenvalue weighted by molar-refractivity contribution is 9.10. The summed E-state index contributed by atoms with van der Waals surface area (Å²) in [6.07, 6.45) is 5.17. The Hall–Kier alpha value is -0.820. The molecule has 0 saturated heterocycles. The standard InChI is InChI=1S/C11H9Br/c1-2-8-3-4-9-7-10(12)5-6-11(8)9/h2-3,5-7H,1,4H2. The first-order valence-corrected chi connectivity index (χ1v) is 4.72. The number of hydrogen-bond acceptors (Lipinski definition) is 0. The van der Waals surface area contributed by atoms with Gasteiger partial charge in [0.05, 0.1) is 0 Å². The zero-order valence-electron chi connectivity index (χ0n) is 6.68.